The molecule has 3 rings (SSSR count). The fourth-order valence-corrected chi connectivity index (χ4v) is 3.33. The number of hydrogen-bond donors (Lipinski definition) is 4. The first kappa shape index (κ1) is 27.9. The lowest BCUT2D eigenvalue weighted by atomic mass is 10.1. The van der Waals surface area contributed by atoms with E-state index in [9.17, 15) is 19.2 Å². The molecule has 0 saturated heterocycles. The summed E-state index contributed by atoms with van der Waals surface area (Å²) in [4.78, 5) is 48.0. The van der Waals surface area contributed by atoms with E-state index in [1.54, 1.807) is 57.2 Å². The van der Waals surface area contributed by atoms with Crippen molar-refractivity contribution in [3.63, 3.8) is 0 Å². The van der Waals surface area contributed by atoms with Gasteiger partial charge in [-0.15, -0.1) is 0 Å². The van der Waals surface area contributed by atoms with E-state index in [4.69, 9.17) is 25.0 Å². The van der Waals surface area contributed by atoms with Crippen LogP contribution in [0.2, 0.25) is 0 Å². The number of ether oxygens (including phenoxy) is 2. The summed E-state index contributed by atoms with van der Waals surface area (Å²) in [7, 11) is 0. The molecule has 0 atom stereocenters. The molecule has 200 valence electrons. The number of amidine groups is 1. The van der Waals surface area contributed by atoms with Crippen LogP contribution in [0.25, 0.3) is 10.8 Å². The lowest BCUT2D eigenvalue weighted by molar-refractivity contribution is -0.154. The van der Waals surface area contributed by atoms with Gasteiger partial charge in [0.25, 0.3) is 0 Å². The van der Waals surface area contributed by atoms with Gasteiger partial charge < -0.3 is 30.3 Å². The Bertz CT molecular complexity index is 1370. The second kappa shape index (κ2) is 12.0. The Morgan fingerprint density at radius 3 is 2.26 bits per heavy atom. The highest BCUT2D eigenvalue weighted by Crippen LogP contribution is 2.23. The van der Waals surface area contributed by atoms with Crippen LogP contribution in [0, 0.1) is 5.41 Å². The van der Waals surface area contributed by atoms with Gasteiger partial charge in [-0.05, 0) is 61.9 Å². The Kier molecular flexibility index (Phi) is 8.85. The van der Waals surface area contributed by atoms with Crippen molar-refractivity contribution in [2.45, 2.75) is 45.8 Å². The molecule has 11 nitrogen and oxygen atoms in total. The number of carbonyl (C=O) groups is 4. The van der Waals surface area contributed by atoms with Crippen LogP contribution in [0.15, 0.2) is 52.9 Å². The van der Waals surface area contributed by atoms with Gasteiger partial charge in [-0.25, -0.2) is 4.79 Å². The zero-order chi connectivity index (χ0) is 27.9. The molecule has 2 amide bonds. The molecular formula is C27H30N4O7. The molecule has 11 heteroatoms. The first-order valence-electron chi connectivity index (χ1n) is 11.8. The summed E-state index contributed by atoms with van der Waals surface area (Å²) in [5.74, 6) is -1.56. The average molecular weight is 523 g/mol. The van der Waals surface area contributed by atoms with Crippen molar-refractivity contribution in [2.24, 2.45) is 5.73 Å². The molecular weight excluding hydrogens is 492 g/mol. The number of rotatable bonds is 10. The van der Waals surface area contributed by atoms with Gasteiger partial charge in [-0.1, -0.05) is 18.2 Å². The Hall–Kier alpha value is -4.67. The molecule has 5 N–H and O–H groups in total. The minimum absolute atomic E-state index is 0.0140. The normalized spacial score (nSPS) is 11.0. The standard InChI is InChI=1S/C27H30N4O7/c1-27(2,3)38-24(34)15-31-23(33)11-10-22(32)30-14-20-8-9-21(36-20)26(35)37-19-7-6-16-12-18(25(28)29)5-4-17(16)13-19/h4-9,12-13H,10-11,14-15H2,1-3H3,(H3,28,29)(H,30,32)(H,31,33). The van der Waals surface area contributed by atoms with E-state index < -0.39 is 29.4 Å². The largest absolute Gasteiger partial charge is 0.459 e. The third-order valence-corrected chi connectivity index (χ3v) is 5.08. The van der Waals surface area contributed by atoms with Crippen molar-refractivity contribution in [3.05, 3.63) is 65.6 Å². The molecule has 38 heavy (non-hydrogen) atoms. The highest BCUT2D eigenvalue weighted by atomic mass is 16.6. The van der Waals surface area contributed by atoms with Crippen LogP contribution in [0.3, 0.4) is 0 Å². The smallest absolute Gasteiger partial charge is 0.379 e. The van der Waals surface area contributed by atoms with Gasteiger partial charge in [-0.3, -0.25) is 19.8 Å². The van der Waals surface area contributed by atoms with Gasteiger partial charge in [0.05, 0.1) is 6.54 Å². The Morgan fingerprint density at radius 2 is 1.58 bits per heavy atom. The van der Waals surface area contributed by atoms with Crippen LogP contribution in [0.4, 0.5) is 0 Å². The molecule has 1 heterocycles. The Balaban J connectivity index is 1.43. The Labute approximate surface area is 219 Å². The van der Waals surface area contributed by atoms with Crippen LogP contribution in [-0.2, 0) is 25.7 Å². The van der Waals surface area contributed by atoms with Crippen LogP contribution < -0.4 is 21.1 Å². The molecule has 3 aromatic rings. The predicted octanol–water partition coefficient (Wildman–Crippen LogP) is 2.79. The van der Waals surface area contributed by atoms with E-state index in [-0.39, 0.29) is 37.5 Å². The topological polar surface area (TPSA) is 174 Å². The summed E-state index contributed by atoms with van der Waals surface area (Å²) in [6.07, 6.45) is -0.197. The number of nitrogen functional groups attached to an aromatic ring is 1. The van der Waals surface area contributed by atoms with Gasteiger partial charge in [0.2, 0.25) is 17.6 Å². The van der Waals surface area contributed by atoms with Crippen molar-refractivity contribution in [3.8, 4) is 5.75 Å². The van der Waals surface area contributed by atoms with Gasteiger partial charge >= 0.3 is 11.9 Å². The lowest BCUT2D eigenvalue weighted by Gasteiger charge is -2.19. The summed E-state index contributed by atoms with van der Waals surface area (Å²) >= 11 is 0. The third-order valence-electron chi connectivity index (χ3n) is 5.08. The molecule has 0 spiro atoms. The van der Waals surface area contributed by atoms with E-state index in [1.807, 2.05) is 0 Å². The SMILES string of the molecule is CC(C)(C)OC(=O)CNC(=O)CCC(=O)NCc1ccc(C(=O)Oc2ccc3cc(C(=N)N)ccc3c2)o1. The molecule has 0 aliphatic rings. The number of furan rings is 1. The van der Waals surface area contributed by atoms with E-state index in [2.05, 4.69) is 10.6 Å². The summed E-state index contributed by atoms with van der Waals surface area (Å²) < 4.78 is 16.0. The third kappa shape index (κ3) is 8.47. The summed E-state index contributed by atoms with van der Waals surface area (Å²) in [6.45, 7) is 4.91. The molecule has 2 aromatic carbocycles. The van der Waals surface area contributed by atoms with E-state index in [0.29, 0.717) is 17.1 Å². The maximum absolute atomic E-state index is 12.5. The molecule has 0 saturated carbocycles. The number of amides is 2. The molecule has 0 fully saturated rings. The van der Waals surface area contributed by atoms with Crippen LogP contribution in [0.1, 0.15) is 55.5 Å². The van der Waals surface area contributed by atoms with Crippen molar-refractivity contribution >= 4 is 40.4 Å². The van der Waals surface area contributed by atoms with Crippen molar-refractivity contribution in [1.29, 1.82) is 5.41 Å². The summed E-state index contributed by atoms with van der Waals surface area (Å²) in [6, 6.07) is 13.3. The second-order valence-electron chi connectivity index (χ2n) is 9.43. The van der Waals surface area contributed by atoms with E-state index in [1.165, 1.54) is 12.1 Å². The molecule has 0 aliphatic carbocycles. The zero-order valence-corrected chi connectivity index (χ0v) is 21.4. The fraction of sp³-hybridized carbons (Fsp3) is 0.296. The number of esters is 2. The minimum Gasteiger partial charge on any atom is -0.459 e. The second-order valence-corrected chi connectivity index (χ2v) is 9.43. The maximum atomic E-state index is 12.5. The summed E-state index contributed by atoms with van der Waals surface area (Å²) in [5, 5.41) is 14.2. The lowest BCUT2D eigenvalue weighted by Crippen LogP contribution is -2.35. The van der Waals surface area contributed by atoms with Crippen LogP contribution in [0.5, 0.6) is 5.75 Å². The highest BCUT2D eigenvalue weighted by Gasteiger charge is 2.18. The molecule has 0 unspecified atom stereocenters. The monoisotopic (exact) mass is 522 g/mol. The van der Waals surface area contributed by atoms with Gasteiger partial charge in [0, 0.05) is 18.4 Å². The number of nitrogens with two attached hydrogens (primary N) is 1. The molecule has 1 aromatic heterocycles. The van der Waals surface area contributed by atoms with Crippen LogP contribution in [-0.4, -0.2) is 41.7 Å². The predicted molar refractivity (Wildman–Crippen MR) is 139 cm³/mol. The number of nitrogens with one attached hydrogen (secondary N) is 3. The van der Waals surface area contributed by atoms with E-state index in [0.717, 1.165) is 10.8 Å². The maximum Gasteiger partial charge on any atom is 0.379 e. The molecule has 0 aliphatic heterocycles. The molecule has 0 bridgehead atoms. The fourth-order valence-electron chi connectivity index (χ4n) is 3.33. The van der Waals surface area contributed by atoms with Crippen LogP contribution >= 0.6 is 0 Å². The molecule has 0 radical (unpaired) electrons. The number of hydrogen-bond acceptors (Lipinski definition) is 8. The number of benzene rings is 2. The zero-order valence-electron chi connectivity index (χ0n) is 21.4. The van der Waals surface area contributed by atoms with Crippen molar-refractivity contribution in [2.75, 3.05) is 6.54 Å². The Morgan fingerprint density at radius 1 is 0.921 bits per heavy atom. The first-order valence-corrected chi connectivity index (χ1v) is 11.8. The minimum atomic E-state index is -0.705. The van der Waals surface area contributed by atoms with Gasteiger partial charge in [0.15, 0.2) is 0 Å². The highest BCUT2D eigenvalue weighted by molar-refractivity contribution is 5.99. The number of carbonyl (C=O) groups excluding carboxylic acids is 4. The van der Waals surface area contributed by atoms with Gasteiger partial charge in [-0.2, -0.15) is 0 Å². The quantitative estimate of drug-likeness (QED) is 0.136. The number of fused-ring (bicyclic) bond motifs is 1. The average Bonchev–Trinajstić information content (AvgIpc) is 3.33. The van der Waals surface area contributed by atoms with Crippen molar-refractivity contribution < 1.29 is 33.1 Å². The van der Waals surface area contributed by atoms with Crippen molar-refractivity contribution in [1.82, 2.24) is 10.6 Å². The first-order chi connectivity index (χ1) is 17.9. The van der Waals surface area contributed by atoms with E-state index >= 15 is 0 Å². The summed E-state index contributed by atoms with van der Waals surface area (Å²) in [5.41, 5.74) is 5.46. The van der Waals surface area contributed by atoms with Gasteiger partial charge in [0.1, 0.15) is 29.5 Å².